The van der Waals surface area contributed by atoms with Crippen molar-refractivity contribution in [2.45, 2.75) is 13.3 Å². The highest BCUT2D eigenvalue weighted by atomic mass is 16.2. The summed E-state index contributed by atoms with van der Waals surface area (Å²) in [6.45, 7) is 1.91. The number of hydrogen-bond acceptors (Lipinski definition) is 5. The summed E-state index contributed by atoms with van der Waals surface area (Å²) in [7, 11) is 1.80. The van der Waals surface area contributed by atoms with Crippen molar-refractivity contribution in [2.75, 3.05) is 17.3 Å². The molecule has 1 amide bonds. The zero-order valence-corrected chi connectivity index (χ0v) is 12.2. The molecule has 0 aliphatic carbocycles. The molecule has 7 nitrogen and oxygen atoms in total. The maximum atomic E-state index is 11.8. The van der Waals surface area contributed by atoms with E-state index in [1.165, 1.54) is 6.33 Å². The number of amides is 1. The van der Waals surface area contributed by atoms with E-state index in [2.05, 4.69) is 20.4 Å². The molecule has 1 aliphatic heterocycles. The van der Waals surface area contributed by atoms with E-state index < -0.39 is 0 Å². The number of fused-ring (bicyclic) bond motifs is 2. The van der Waals surface area contributed by atoms with E-state index in [-0.39, 0.29) is 5.91 Å². The lowest BCUT2D eigenvalue weighted by Gasteiger charge is -2.12. The van der Waals surface area contributed by atoms with E-state index in [0.717, 1.165) is 28.5 Å². The normalized spacial score (nSPS) is 13.7. The van der Waals surface area contributed by atoms with Gasteiger partial charge in [0.1, 0.15) is 12.1 Å². The SMILES string of the molecule is Cc1cc(Nc2ccc3c(c2)CC(=O)N3C)n2ncnc2n1. The molecule has 2 aromatic heterocycles. The van der Waals surface area contributed by atoms with E-state index in [0.29, 0.717) is 12.2 Å². The molecular weight excluding hydrogens is 280 g/mol. The fourth-order valence-electron chi connectivity index (χ4n) is 2.72. The van der Waals surface area contributed by atoms with Crippen molar-refractivity contribution in [3.8, 4) is 0 Å². The first kappa shape index (κ1) is 12.8. The molecule has 0 saturated carbocycles. The Balaban J connectivity index is 1.73. The van der Waals surface area contributed by atoms with Gasteiger partial charge in [-0.25, -0.2) is 4.98 Å². The highest BCUT2D eigenvalue weighted by Gasteiger charge is 2.23. The number of hydrogen-bond donors (Lipinski definition) is 1. The molecule has 3 heterocycles. The van der Waals surface area contributed by atoms with Crippen LogP contribution in [0.15, 0.2) is 30.6 Å². The van der Waals surface area contributed by atoms with E-state index >= 15 is 0 Å². The largest absolute Gasteiger partial charge is 0.340 e. The second-order valence-electron chi connectivity index (χ2n) is 5.35. The van der Waals surface area contributed by atoms with Crippen molar-refractivity contribution in [1.82, 2.24) is 19.6 Å². The van der Waals surface area contributed by atoms with Gasteiger partial charge in [-0.2, -0.15) is 14.6 Å². The maximum Gasteiger partial charge on any atom is 0.254 e. The van der Waals surface area contributed by atoms with Gasteiger partial charge in [0.05, 0.1) is 6.42 Å². The van der Waals surface area contributed by atoms with Crippen LogP contribution in [0.25, 0.3) is 5.78 Å². The summed E-state index contributed by atoms with van der Waals surface area (Å²) in [6, 6.07) is 7.81. The second-order valence-corrected chi connectivity index (χ2v) is 5.35. The number of rotatable bonds is 2. The van der Waals surface area contributed by atoms with Crippen LogP contribution >= 0.6 is 0 Å². The third kappa shape index (κ3) is 1.90. The minimum atomic E-state index is 0.116. The van der Waals surface area contributed by atoms with Gasteiger partial charge in [0.2, 0.25) is 5.91 Å². The molecule has 110 valence electrons. The summed E-state index contributed by atoms with van der Waals surface area (Å²) >= 11 is 0. The fraction of sp³-hybridized carbons (Fsp3) is 0.200. The standard InChI is InChI=1S/C15H14N6O/c1-9-5-13(21-15(18-9)16-8-17-21)19-11-3-4-12-10(6-11)7-14(22)20(12)2/h3-6,8,19H,7H2,1-2H3. The number of nitrogens with one attached hydrogen (secondary N) is 1. The molecular formula is C15H14N6O. The second kappa shape index (κ2) is 4.52. The Labute approximate surface area is 126 Å². The summed E-state index contributed by atoms with van der Waals surface area (Å²) in [4.78, 5) is 21.9. The topological polar surface area (TPSA) is 75.4 Å². The lowest BCUT2D eigenvalue weighted by atomic mass is 10.1. The number of aryl methyl sites for hydroxylation is 1. The maximum absolute atomic E-state index is 11.8. The first-order chi connectivity index (χ1) is 10.6. The number of likely N-dealkylation sites (N-methyl/N-ethyl adjacent to an activating group) is 1. The van der Waals surface area contributed by atoms with Crippen LogP contribution in [-0.4, -0.2) is 32.5 Å². The van der Waals surface area contributed by atoms with Crippen LogP contribution in [0.3, 0.4) is 0 Å². The number of carbonyl (C=O) groups excluding carboxylic acids is 1. The molecule has 3 aromatic rings. The zero-order valence-electron chi connectivity index (χ0n) is 12.2. The predicted molar refractivity (Wildman–Crippen MR) is 82.4 cm³/mol. The first-order valence-corrected chi connectivity index (χ1v) is 6.96. The van der Waals surface area contributed by atoms with Gasteiger partial charge < -0.3 is 10.2 Å². The molecule has 1 aromatic carbocycles. The van der Waals surface area contributed by atoms with E-state index in [4.69, 9.17) is 0 Å². The van der Waals surface area contributed by atoms with Crippen molar-refractivity contribution < 1.29 is 4.79 Å². The third-order valence-corrected chi connectivity index (χ3v) is 3.81. The van der Waals surface area contributed by atoms with Crippen LogP contribution < -0.4 is 10.2 Å². The molecule has 0 atom stereocenters. The summed E-state index contributed by atoms with van der Waals surface area (Å²) in [5, 5.41) is 7.49. The smallest absolute Gasteiger partial charge is 0.254 e. The average molecular weight is 294 g/mol. The van der Waals surface area contributed by atoms with Crippen LogP contribution in [0, 0.1) is 6.92 Å². The van der Waals surface area contributed by atoms with Crippen LogP contribution in [0.5, 0.6) is 0 Å². The van der Waals surface area contributed by atoms with Gasteiger partial charge >= 0.3 is 0 Å². The van der Waals surface area contributed by atoms with Gasteiger partial charge in [0.25, 0.3) is 5.78 Å². The lowest BCUT2D eigenvalue weighted by molar-refractivity contribution is -0.117. The van der Waals surface area contributed by atoms with Gasteiger partial charge in [0.15, 0.2) is 0 Å². The zero-order chi connectivity index (χ0) is 15.3. The van der Waals surface area contributed by atoms with E-state index in [1.54, 1.807) is 16.5 Å². The Morgan fingerprint density at radius 3 is 3.00 bits per heavy atom. The summed E-state index contributed by atoms with van der Waals surface area (Å²) < 4.78 is 1.65. The van der Waals surface area contributed by atoms with Gasteiger partial charge in [-0.3, -0.25) is 4.79 Å². The monoisotopic (exact) mass is 294 g/mol. The molecule has 7 heteroatoms. The lowest BCUT2D eigenvalue weighted by Crippen LogP contribution is -2.20. The number of benzene rings is 1. The highest BCUT2D eigenvalue weighted by Crippen LogP contribution is 2.31. The molecule has 0 bridgehead atoms. The summed E-state index contributed by atoms with van der Waals surface area (Å²) in [6.07, 6.45) is 1.92. The van der Waals surface area contributed by atoms with E-state index in [9.17, 15) is 4.79 Å². The molecule has 0 spiro atoms. The van der Waals surface area contributed by atoms with Crippen molar-refractivity contribution in [1.29, 1.82) is 0 Å². The Morgan fingerprint density at radius 1 is 1.27 bits per heavy atom. The number of aromatic nitrogens is 4. The molecule has 0 fully saturated rings. The first-order valence-electron chi connectivity index (χ1n) is 6.96. The Hall–Kier alpha value is -2.96. The predicted octanol–water partition coefficient (Wildman–Crippen LogP) is 1.70. The quantitative estimate of drug-likeness (QED) is 0.778. The molecule has 1 N–H and O–H groups in total. The number of anilines is 3. The van der Waals surface area contributed by atoms with Crippen molar-refractivity contribution in [3.63, 3.8) is 0 Å². The molecule has 1 aliphatic rings. The number of carbonyl (C=O) groups is 1. The van der Waals surface area contributed by atoms with Crippen LogP contribution in [-0.2, 0) is 11.2 Å². The average Bonchev–Trinajstić information content (AvgIpc) is 3.04. The molecule has 0 saturated heterocycles. The summed E-state index contributed by atoms with van der Waals surface area (Å²) in [5.41, 5.74) is 3.76. The third-order valence-electron chi connectivity index (χ3n) is 3.81. The van der Waals surface area contributed by atoms with Crippen LogP contribution in [0.1, 0.15) is 11.3 Å². The van der Waals surface area contributed by atoms with Gasteiger partial charge in [-0.05, 0) is 30.7 Å². The molecule has 0 radical (unpaired) electrons. The molecule has 4 rings (SSSR count). The Bertz CT molecular complexity index is 900. The van der Waals surface area contributed by atoms with Crippen molar-refractivity contribution in [3.05, 3.63) is 41.9 Å². The number of nitrogens with zero attached hydrogens (tertiary/aromatic N) is 5. The minimum Gasteiger partial charge on any atom is -0.340 e. The minimum absolute atomic E-state index is 0.116. The molecule has 0 unspecified atom stereocenters. The molecule has 22 heavy (non-hydrogen) atoms. The van der Waals surface area contributed by atoms with Gasteiger partial charge in [0, 0.05) is 30.2 Å². The highest BCUT2D eigenvalue weighted by molar-refractivity contribution is 6.01. The fourth-order valence-corrected chi connectivity index (χ4v) is 2.72. The van der Waals surface area contributed by atoms with Gasteiger partial charge in [-0.1, -0.05) is 0 Å². The summed E-state index contributed by atoms with van der Waals surface area (Å²) in [5.74, 6) is 1.46. The van der Waals surface area contributed by atoms with Crippen LogP contribution in [0.4, 0.5) is 17.2 Å². The van der Waals surface area contributed by atoms with Gasteiger partial charge in [-0.15, -0.1) is 0 Å². The Kier molecular flexibility index (Phi) is 2.62. The van der Waals surface area contributed by atoms with E-state index in [1.807, 2.05) is 31.2 Å². The van der Waals surface area contributed by atoms with Crippen molar-refractivity contribution >= 4 is 28.9 Å². The van der Waals surface area contributed by atoms with Crippen molar-refractivity contribution in [2.24, 2.45) is 0 Å². The Morgan fingerprint density at radius 2 is 2.14 bits per heavy atom. The van der Waals surface area contributed by atoms with Crippen LogP contribution in [0.2, 0.25) is 0 Å².